The molecule has 1 saturated heterocycles. The summed E-state index contributed by atoms with van der Waals surface area (Å²) in [7, 11) is 0. The molecule has 1 aliphatic heterocycles. The minimum absolute atomic E-state index is 0.620. The summed E-state index contributed by atoms with van der Waals surface area (Å²) in [4.78, 5) is 2.69. The molecule has 0 N–H and O–H groups in total. The normalized spacial score (nSPS) is 38.3. The van der Waals surface area contributed by atoms with Crippen molar-refractivity contribution in [3.63, 3.8) is 0 Å². The second-order valence-corrected chi connectivity index (χ2v) is 5.43. The van der Waals surface area contributed by atoms with E-state index in [0.29, 0.717) is 5.25 Å². The van der Waals surface area contributed by atoms with Crippen LogP contribution in [0.15, 0.2) is 0 Å². The fourth-order valence-corrected chi connectivity index (χ4v) is 3.03. The van der Waals surface area contributed by atoms with Crippen molar-refractivity contribution in [2.45, 2.75) is 50.3 Å². The second kappa shape index (κ2) is 4.22. The monoisotopic (exact) mass is 199 g/mol. The van der Waals surface area contributed by atoms with Crippen molar-refractivity contribution < 1.29 is 0 Å². The Morgan fingerprint density at radius 2 is 1.85 bits per heavy atom. The SMILES string of the molecule is C[C@H]1CCN(C2CCCC2)C[C@@H]1S. The molecule has 2 atom stereocenters. The van der Waals surface area contributed by atoms with Crippen molar-refractivity contribution in [1.82, 2.24) is 4.90 Å². The first-order chi connectivity index (χ1) is 6.27. The Morgan fingerprint density at radius 1 is 1.15 bits per heavy atom. The van der Waals surface area contributed by atoms with Crippen molar-refractivity contribution in [3.8, 4) is 0 Å². The molecule has 0 radical (unpaired) electrons. The molecular formula is C11H21NS. The Morgan fingerprint density at radius 3 is 2.46 bits per heavy atom. The lowest BCUT2D eigenvalue weighted by molar-refractivity contribution is 0.145. The maximum Gasteiger partial charge on any atom is 0.0170 e. The summed E-state index contributed by atoms with van der Waals surface area (Å²) in [6, 6.07) is 0.905. The third kappa shape index (κ3) is 2.21. The summed E-state index contributed by atoms with van der Waals surface area (Å²) in [6.07, 6.45) is 7.14. The highest BCUT2D eigenvalue weighted by Gasteiger charge is 2.29. The Kier molecular flexibility index (Phi) is 3.20. The van der Waals surface area contributed by atoms with Gasteiger partial charge >= 0.3 is 0 Å². The van der Waals surface area contributed by atoms with E-state index in [9.17, 15) is 0 Å². The van der Waals surface area contributed by atoms with Gasteiger partial charge in [-0.3, -0.25) is 4.90 Å². The molecule has 0 bridgehead atoms. The zero-order valence-corrected chi connectivity index (χ0v) is 9.47. The molecule has 0 aromatic rings. The van der Waals surface area contributed by atoms with Gasteiger partial charge in [-0.15, -0.1) is 0 Å². The molecule has 2 rings (SSSR count). The minimum atomic E-state index is 0.620. The molecule has 0 aromatic heterocycles. The molecule has 0 aromatic carbocycles. The molecule has 1 nitrogen and oxygen atoms in total. The highest BCUT2D eigenvalue weighted by Crippen LogP contribution is 2.29. The topological polar surface area (TPSA) is 3.24 Å². The van der Waals surface area contributed by atoms with Crippen molar-refractivity contribution in [2.75, 3.05) is 13.1 Å². The van der Waals surface area contributed by atoms with E-state index in [1.807, 2.05) is 0 Å². The molecule has 2 aliphatic rings. The lowest BCUT2D eigenvalue weighted by Crippen LogP contribution is -2.45. The largest absolute Gasteiger partial charge is 0.299 e. The van der Waals surface area contributed by atoms with Gasteiger partial charge in [0, 0.05) is 17.8 Å². The minimum Gasteiger partial charge on any atom is -0.299 e. The van der Waals surface area contributed by atoms with Gasteiger partial charge in [0.2, 0.25) is 0 Å². The van der Waals surface area contributed by atoms with Gasteiger partial charge in [0.15, 0.2) is 0 Å². The van der Waals surface area contributed by atoms with Crippen LogP contribution in [0.5, 0.6) is 0 Å². The molecule has 0 spiro atoms. The van der Waals surface area contributed by atoms with Crippen LogP contribution in [-0.4, -0.2) is 29.3 Å². The van der Waals surface area contributed by atoms with E-state index in [1.165, 1.54) is 45.2 Å². The number of likely N-dealkylation sites (tertiary alicyclic amines) is 1. The number of thiol groups is 1. The number of hydrogen-bond donors (Lipinski definition) is 1. The molecule has 76 valence electrons. The highest BCUT2D eigenvalue weighted by atomic mass is 32.1. The molecule has 2 heteroatoms. The molecule has 1 heterocycles. The summed E-state index contributed by atoms with van der Waals surface area (Å²) in [5.74, 6) is 0.820. The molecular weight excluding hydrogens is 178 g/mol. The Labute approximate surface area is 87.3 Å². The van der Waals surface area contributed by atoms with E-state index >= 15 is 0 Å². The molecule has 1 saturated carbocycles. The number of hydrogen-bond acceptors (Lipinski definition) is 2. The van der Waals surface area contributed by atoms with Gasteiger partial charge < -0.3 is 0 Å². The Balaban J connectivity index is 1.87. The fourth-order valence-electron chi connectivity index (χ4n) is 2.67. The van der Waals surface area contributed by atoms with E-state index in [1.54, 1.807) is 0 Å². The quantitative estimate of drug-likeness (QED) is 0.635. The summed E-state index contributed by atoms with van der Waals surface area (Å²) >= 11 is 4.67. The summed E-state index contributed by atoms with van der Waals surface area (Å²) in [5.41, 5.74) is 0. The van der Waals surface area contributed by atoms with Crippen LogP contribution < -0.4 is 0 Å². The van der Waals surface area contributed by atoms with Crippen LogP contribution >= 0.6 is 12.6 Å². The van der Waals surface area contributed by atoms with Crippen molar-refractivity contribution in [3.05, 3.63) is 0 Å². The van der Waals surface area contributed by atoms with Crippen LogP contribution in [0.4, 0.5) is 0 Å². The Bertz CT molecular complexity index is 165. The average Bonchev–Trinajstić information content (AvgIpc) is 2.62. The van der Waals surface area contributed by atoms with Gasteiger partial charge in [-0.05, 0) is 31.7 Å². The van der Waals surface area contributed by atoms with Gasteiger partial charge in [-0.1, -0.05) is 19.8 Å². The van der Waals surface area contributed by atoms with Crippen LogP contribution in [-0.2, 0) is 0 Å². The Hall–Kier alpha value is 0.310. The van der Waals surface area contributed by atoms with Crippen molar-refractivity contribution in [1.29, 1.82) is 0 Å². The number of rotatable bonds is 1. The van der Waals surface area contributed by atoms with Gasteiger partial charge in [0.1, 0.15) is 0 Å². The number of piperidine rings is 1. The lowest BCUT2D eigenvalue weighted by Gasteiger charge is -2.38. The first-order valence-corrected chi connectivity index (χ1v) is 6.21. The summed E-state index contributed by atoms with van der Waals surface area (Å²) < 4.78 is 0. The second-order valence-electron chi connectivity index (χ2n) is 4.77. The number of nitrogens with zero attached hydrogens (tertiary/aromatic N) is 1. The summed E-state index contributed by atoms with van der Waals surface area (Å²) in [6.45, 7) is 4.89. The van der Waals surface area contributed by atoms with Crippen LogP contribution in [0.2, 0.25) is 0 Å². The molecule has 1 aliphatic carbocycles. The molecule has 13 heavy (non-hydrogen) atoms. The van der Waals surface area contributed by atoms with Crippen LogP contribution in [0.25, 0.3) is 0 Å². The molecule has 0 unspecified atom stereocenters. The van der Waals surface area contributed by atoms with Crippen molar-refractivity contribution in [2.24, 2.45) is 5.92 Å². The zero-order chi connectivity index (χ0) is 9.26. The van der Waals surface area contributed by atoms with Gasteiger partial charge in [-0.25, -0.2) is 0 Å². The smallest absolute Gasteiger partial charge is 0.0170 e. The standard InChI is InChI=1S/C11H21NS/c1-9-6-7-12(8-11(9)13)10-4-2-3-5-10/h9-11,13H,2-8H2,1H3/t9-,11-/m0/s1. The molecule has 0 amide bonds. The van der Waals surface area contributed by atoms with Crippen LogP contribution in [0, 0.1) is 5.92 Å². The zero-order valence-electron chi connectivity index (χ0n) is 8.58. The maximum atomic E-state index is 4.67. The first-order valence-electron chi connectivity index (χ1n) is 5.69. The first kappa shape index (κ1) is 9.85. The fraction of sp³-hybridized carbons (Fsp3) is 1.00. The third-order valence-corrected chi connectivity index (χ3v) is 4.46. The van der Waals surface area contributed by atoms with E-state index in [4.69, 9.17) is 0 Å². The van der Waals surface area contributed by atoms with Crippen molar-refractivity contribution >= 4 is 12.6 Å². The lowest BCUT2D eigenvalue weighted by atomic mass is 9.97. The van der Waals surface area contributed by atoms with E-state index in [-0.39, 0.29) is 0 Å². The maximum absolute atomic E-state index is 4.67. The van der Waals surface area contributed by atoms with Crippen LogP contribution in [0.3, 0.4) is 0 Å². The van der Waals surface area contributed by atoms with Gasteiger partial charge in [-0.2, -0.15) is 12.6 Å². The van der Waals surface area contributed by atoms with Gasteiger partial charge in [0.25, 0.3) is 0 Å². The third-order valence-electron chi connectivity index (χ3n) is 3.79. The highest BCUT2D eigenvalue weighted by molar-refractivity contribution is 7.81. The van der Waals surface area contributed by atoms with E-state index < -0.39 is 0 Å². The predicted molar refractivity (Wildman–Crippen MR) is 60.4 cm³/mol. The van der Waals surface area contributed by atoms with E-state index in [0.717, 1.165) is 12.0 Å². The molecule has 2 fully saturated rings. The summed E-state index contributed by atoms with van der Waals surface area (Å²) in [5, 5.41) is 0.620. The van der Waals surface area contributed by atoms with Gasteiger partial charge in [0.05, 0.1) is 0 Å². The predicted octanol–water partition coefficient (Wildman–Crippen LogP) is 2.57. The van der Waals surface area contributed by atoms with Crippen LogP contribution in [0.1, 0.15) is 39.0 Å². The van der Waals surface area contributed by atoms with E-state index in [2.05, 4.69) is 24.5 Å². The average molecular weight is 199 g/mol.